The molecule has 0 aliphatic carbocycles. The fraction of sp³-hybridized carbons (Fsp3) is 0.650. The first kappa shape index (κ1) is 17.4. The fourth-order valence-electron chi connectivity index (χ4n) is 4.10. The normalized spacial score (nSPS) is 23.9. The second-order valence-corrected chi connectivity index (χ2v) is 7.57. The lowest BCUT2D eigenvalue weighted by atomic mass is 9.88. The molecule has 2 unspecified atom stereocenters. The molecule has 0 spiro atoms. The molecule has 2 saturated heterocycles. The number of nitrogens with one attached hydrogen (secondary N) is 1. The van der Waals surface area contributed by atoms with E-state index in [0.29, 0.717) is 11.8 Å². The van der Waals surface area contributed by atoms with Gasteiger partial charge in [-0.1, -0.05) is 18.2 Å². The van der Waals surface area contributed by atoms with Crippen molar-refractivity contribution in [1.82, 2.24) is 10.2 Å². The highest BCUT2D eigenvalue weighted by Gasteiger charge is 2.28. The first-order valence-corrected chi connectivity index (χ1v) is 9.48. The Bertz CT molecular complexity index is 552. The van der Waals surface area contributed by atoms with Crippen LogP contribution in [0.4, 0.5) is 0 Å². The number of rotatable bonds is 4. The highest BCUT2D eigenvalue weighted by molar-refractivity contribution is 5.95. The molecule has 24 heavy (non-hydrogen) atoms. The Morgan fingerprint density at radius 1 is 1.29 bits per heavy atom. The topological polar surface area (TPSA) is 58.4 Å². The molecule has 3 rings (SSSR count). The van der Waals surface area contributed by atoms with Gasteiger partial charge in [0.25, 0.3) is 5.91 Å². The van der Waals surface area contributed by atoms with E-state index >= 15 is 0 Å². The van der Waals surface area contributed by atoms with E-state index in [9.17, 15) is 4.79 Å². The van der Waals surface area contributed by atoms with Gasteiger partial charge in [-0.05, 0) is 75.6 Å². The van der Waals surface area contributed by atoms with Gasteiger partial charge < -0.3 is 16.0 Å². The van der Waals surface area contributed by atoms with Crippen molar-refractivity contribution in [2.45, 2.75) is 45.1 Å². The second kappa shape index (κ2) is 8.13. The van der Waals surface area contributed by atoms with Crippen LogP contribution in [-0.4, -0.2) is 43.0 Å². The number of hydrogen-bond acceptors (Lipinski definition) is 3. The minimum atomic E-state index is 0.158. The van der Waals surface area contributed by atoms with Crippen molar-refractivity contribution in [3.63, 3.8) is 0 Å². The van der Waals surface area contributed by atoms with Gasteiger partial charge in [-0.15, -0.1) is 0 Å². The molecule has 0 bridgehead atoms. The van der Waals surface area contributed by atoms with Gasteiger partial charge in [-0.25, -0.2) is 0 Å². The van der Waals surface area contributed by atoms with E-state index < -0.39 is 0 Å². The van der Waals surface area contributed by atoms with Crippen LogP contribution in [0, 0.1) is 11.8 Å². The number of benzene rings is 1. The Hall–Kier alpha value is -1.39. The lowest BCUT2D eigenvalue weighted by Gasteiger charge is -2.35. The van der Waals surface area contributed by atoms with Crippen LogP contribution < -0.4 is 11.1 Å². The summed E-state index contributed by atoms with van der Waals surface area (Å²) in [4.78, 5) is 15.1. The van der Waals surface area contributed by atoms with E-state index in [-0.39, 0.29) is 11.9 Å². The maximum absolute atomic E-state index is 13.1. The van der Waals surface area contributed by atoms with Gasteiger partial charge in [0.2, 0.25) is 0 Å². The van der Waals surface area contributed by atoms with Crippen molar-refractivity contribution < 1.29 is 4.79 Å². The van der Waals surface area contributed by atoms with Crippen molar-refractivity contribution in [2.75, 3.05) is 26.2 Å². The molecule has 2 aliphatic rings. The molecule has 3 N–H and O–H groups in total. The van der Waals surface area contributed by atoms with Crippen LogP contribution in [0.2, 0.25) is 0 Å². The molecule has 2 atom stereocenters. The number of carbonyl (C=O) groups excluding carboxylic acids is 1. The third-order valence-corrected chi connectivity index (χ3v) is 5.70. The number of piperidine rings is 2. The second-order valence-electron chi connectivity index (χ2n) is 7.57. The number of hydrogen-bond donors (Lipinski definition) is 2. The summed E-state index contributed by atoms with van der Waals surface area (Å²) in [6.07, 6.45) is 5.64. The summed E-state index contributed by atoms with van der Waals surface area (Å²) in [6.45, 7) is 5.93. The first-order chi connectivity index (χ1) is 11.6. The smallest absolute Gasteiger partial charge is 0.254 e. The molecule has 2 heterocycles. The molecule has 1 aromatic carbocycles. The van der Waals surface area contributed by atoms with Crippen LogP contribution in [0.5, 0.6) is 0 Å². The van der Waals surface area contributed by atoms with E-state index in [0.717, 1.165) is 51.0 Å². The van der Waals surface area contributed by atoms with Crippen LogP contribution >= 0.6 is 0 Å². The standard InChI is InChI=1S/C20H31N3O/c1-15(21)18-6-4-12-23(14-18)20(24)19-7-3-2-5-17(19)13-16-8-10-22-11-9-16/h2-3,5,7,15-16,18,22H,4,6,8-14,21H2,1H3. The van der Waals surface area contributed by atoms with Gasteiger partial charge >= 0.3 is 0 Å². The predicted molar refractivity (Wildman–Crippen MR) is 98.0 cm³/mol. The minimum absolute atomic E-state index is 0.158. The van der Waals surface area contributed by atoms with Gasteiger partial charge in [-0.3, -0.25) is 4.79 Å². The van der Waals surface area contributed by atoms with Crippen molar-refractivity contribution in [2.24, 2.45) is 17.6 Å². The maximum Gasteiger partial charge on any atom is 0.254 e. The molecule has 0 radical (unpaired) electrons. The van der Waals surface area contributed by atoms with E-state index in [1.165, 1.54) is 18.4 Å². The summed E-state index contributed by atoms with van der Waals surface area (Å²) in [7, 11) is 0. The molecule has 1 amide bonds. The predicted octanol–water partition coefficient (Wildman–Crippen LogP) is 2.43. The molecule has 4 heteroatoms. The Kier molecular flexibility index (Phi) is 5.90. The number of amides is 1. The highest BCUT2D eigenvalue weighted by atomic mass is 16.2. The molecule has 2 aliphatic heterocycles. The van der Waals surface area contributed by atoms with Crippen molar-refractivity contribution in [1.29, 1.82) is 0 Å². The molecule has 132 valence electrons. The third kappa shape index (κ3) is 4.17. The molecular weight excluding hydrogens is 298 g/mol. The lowest BCUT2D eigenvalue weighted by Crippen LogP contribution is -2.45. The Balaban J connectivity index is 1.72. The Morgan fingerprint density at radius 3 is 2.79 bits per heavy atom. The largest absolute Gasteiger partial charge is 0.338 e. The average Bonchev–Trinajstić information content (AvgIpc) is 2.62. The van der Waals surface area contributed by atoms with Gasteiger partial charge in [0.1, 0.15) is 0 Å². The Labute approximate surface area is 145 Å². The monoisotopic (exact) mass is 329 g/mol. The van der Waals surface area contributed by atoms with Crippen LogP contribution in [-0.2, 0) is 6.42 Å². The molecule has 0 saturated carbocycles. The van der Waals surface area contributed by atoms with E-state index in [1.54, 1.807) is 0 Å². The minimum Gasteiger partial charge on any atom is -0.338 e. The zero-order chi connectivity index (χ0) is 16.9. The van der Waals surface area contributed by atoms with E-state index in [4.69, 9.17) is 5.73 Å². The van der Waals surface area contributed by atoms with Crippen molar-refractivity contribution in [3.8, 4) is 0 Å². The quantitative estimate of drug-likeness (QED) is 0.892. The zero-order valence-electron chi connectivity index (χ0n) is 14.8. The fourth-order valence-corrected chi connectivity index (χ4v) is 4.10. The van der Waals surface area contributed by atoms with E-state index in [2.05, 4.69) is 24.4 Å². The number of likely N-dealkylation sites (tertiary alicyclic amines) is 1. The number of carbonyl (C=O) groups is 1. The van der Waals surface area contributed by atoms with Gasteiger partial charge in [0.15, 0.2) is 0 Å². The lowest BCUT2D eigenvalue weighted by molar-refractivity contribution is 0.0659. The highest BCUT2D eigenvalue weighted by Crippen LogP contribution is 2.24. The van der Waals surface area contributed by atoms with Crippen molar-refractivity contribution in [3.05, 3.63) is 35.4 Å². The molecule has 4 nitrogen and oxygen atoms in total. The average molecular weight is 329 g/mol. The van der Waals surface area contributed by atoms with Crippen LogP contribution in [0.3, 0.4) is 0 Å². The first-order valence-electron chi connectivity index (χ1n) is 9.48. The van der Waals surface area contributed by atoms with Gasteiger partial charge in [0, 0.05) is 24.7 Å². The van der Waals surface area contributed by atoms with Crippen LogP contribution in [0.1, 0.15) is 48.5 Å². The summed E-state index contributed by atoms with van der Waals surface area (Å²) >= 11 is 0. The van der Waals surface area contributed by atoms with Gasteiger partial charge in [-0.2, -0.15) is 0 Å². The zero-order valence-corrected chi connectivity index (χ0v) is 14.8. The molecular formula is C20H31N3O. The molecule has 0 aromatic heterocycles. The number of nitrogens with zero attached hydrogens (tertiary/aromatic N) is 1. The summed E-state index contributed by atoms with van der Waals surface area (Å²) in [5.41, 5.74) is 8.20. The van der Waals surface area contributed by atoms with Crippen LogP contribution in [0.25, 0.3) is 0 Å². The maximum atomic E-state index is 13.1. The Morgan fingerprint density at radius 2 is 2.04 bits per heavy atom. The molecule has 2 fully saturated rings. The van der Waals surface area contributed by atoms with E-state index in [1.807, 2.05) is 17.0 Å². The van der Waals surface area contributed by atoms with Gasteiger partial charge in [0.05, 0.1) is 0 Å². The summed E-state index contributed by atoms with van der Waals surface area (Å²) in [5, 5.41) is 3.42. The summed E-state index contributed by atoms with van der Waals surface area (Å²) in [6, 6.07) is 8.36. The number of nitrogens with two attached hydrogens (primary N) is 1. The summed E-state index contributed by atoms with van der Waals surface area (Å²) in [5.74, 6) is 1.32. The van der Waals surface area contributed by atoms with Crippen molar-refractivity contribution >= 4 is 5.91 Å². The summed E-state index contributed by atoms with van der Waals surface area (Å²) < 4.78 is 0. The third-order valence-electron chi connectivity index (χ3n) is 5.70. The molecule has 1 aromatic rings. The SMILES string of the molecule is CC(N)C1CCCN(C(=O)c2ccccc2CC2CCNCC2)C1. The van der Waals surface area contributed by atoms with Crippen LogP contribution in [0.15, 0.2) is 24.3 Å².